The SMILES string of the molecule is O=C(Cn1cnc2sc3c(c2c1=O)CCCC3)N1CCN(c2cccc(C(F)(F)F)c2)CC1. The highest BCUT2D eigenvalue weighted by Crippen LogP contribution is 2.34. The van der Waals surface area contributed by atoms with E-state index in [0.717, 1.165) is 48.2 Å². The normalized spacial score (nSPS) is 16.8. The molecule has 3 heterocycles. The summed E-state index contributed by atoms with van der Waals surface area (Å²) in [6.07, 6.45) is 1.09. The van der Waals surface area contributed by atoms with Crippen molar-refractivity contribution < 1.29 is 18.0 Å². The molecule has 2 aliphatic rings. The Morgan fingerprint density at radius 2 is 1.85 bits per heavy atom. The van der Waals surface area contributed by atoms with Gasteiger partial charge in [0, 0.05) is 36.7 Å². The first kappa shape index (κ1) is 21.9. The Balaban J connectivity index is 1.27. The highest BCUT2D eigenvalue weighted by molar-refractivity contribution is 7.18. The minimum atomic E-state index is -4.39. The summed E-state index contributed by atoms with van der Waals surface area (Å²) >= 11 is 1.57. The van der Waals surface area contributed by atoms with Gasteiger partial charge in [0.15, 0.2) is 0 Å². The number of halogens is 3. The molecule has 0 radical (unpaired) electrons. The molecule has 1 fully saturated rings. The second kappa shape index (κ2) is 8.48. The summed E-state index contributed by atoms with van der Waals surface area (Å²) in [5.41, 5.74) is 0.729. The van der Waals surface area contributed by atoms with Gasteiger partial charge in [0.25, 0.3) is 5.56 Å². The molecule has 1 amide bonds. The van der Waals surface area contributed by atoms with Crippen molar-refractivity contribution in [3.05, 3.63) is 57.0 Å². The topological polar surface area (TPSA) is 58.4 Å². The second-order valence-corrected chi connectivity index (χ2v) is 9.57. The number of nitrogens with zero attached hydrogens (tertiary/aromatic N) is 4. The largest absolute Gasteiger partial charge is 0.416 e. The summed E-state index contributed by atoms with van der Waals surface area (Å²) in [6.45, 7) is 1.53. The lowest BCUT2D eigenvalue weighted by Crippen LogP contribution is -2.50. The van der Waals surface area contributed by atoms with Gasteiger partial charge in [-0.15, -0.1) is 11.3 Å². The zero-order valence-electron chi connectivity index (χ0n) is 17.9. The van der Waals surface area contributed by atoms with Crippen molar-refractivity contribution in [3.8, 4) is 0 Å². The Bertz CT molecular complexity index is 1260. The maximum Gasteiger partial charge on any atom is 0.416 e. The lowest BCUT2D eigenvalue weighted by molar-refractivity contribution is -0.137. The number of carbonyl (C=O) groups is 1. The average Bonchev–Trinajstić information content (AvgIpc) is 3.20. The molecular weight excluding hydrogens is 453 g/mol. The quantitative estimate of drug-likeness (QED) is 0.579. The van der Waals surface area contributed by atoms with E-state index in [1.807, 2.05) is 4.90 Å². The van der Waals surface area contributed by atoms with Crippen molar-refractivity contribution in [2.24, 2.45) is 0 Å². The zero-order chi connectivity index (χ0) is 23.2. The molecule has 2 aromatic heterocycles. The maximum absolute atomic E-state index is 13.1. The van der Waals surface area contributed by atoms with Crippen molar-refractivity contribution in [1.82, 2.24) is 14.5 Å². The molecular formula is C23H23F3N4O2S. The molecule has 1 aromatic carbocycles. The summed E-state index contributed by atoms with van der Waals surface area (Å²) in [7, 11) is 0. The van der Waals surface area contributed by atoms with E-state index in [0.29, 0.717) is 37.3 Å². The van der Waals surface area contributed by atoms with Crippen LogP contribution in [0.3, 0.4) is 0 Å². The molecule has 33 heavy (non-hydrogen) atoms. The first-order chi connectivity index (χ1) is 15.8. The third-order valence-electron chi connectivity index (χ3n) is 6.42. The molecule has 6 nitrogen and oxygen atoms in total. The highest BCUT2D eigenvalue weighted by Gasteiger charge is 2.31. The first-order valence-electron chi connectivity index (χ1n) is 11.0. The van der Waals surface area contributed by atoms with E-state index in [-0.39, 0.29) is 18.0 Å². The second-order valence-electron chi connectivity index (χ2n) is 8.48. The minimum Gasteiger partial charge on any atom is -0.368 e. The predicted octanol–water partition coefficient (Wildman–Crippen LogP) is 3.70. The van der Waals surface area contributed by atoms with Crippen LogP contribution < -0.4 is 10.5 Å². The molecule has 1 aliphatic carbocycles. The summed E-state index contributed by atoms with van der Waals surface area (Å²) in [4.78, 5) is 35.9. The van der Waals surface area contributed by atoms with Crippen LogP contribution in [0.4, 0.5) is 18.9 Å². The van der Waals surface area contributed by atoms with Gasteiger partial charge in [0.1, 0.15) is 11.4 Å². The van der Waals surface area contributed by atoms with Gasteiger partial charge in [0.2, 0.25) is 5.91 Å². The van der Waals surface area contributed by atoms with Crippen LogP contribution in [-0.4, -0.2) is 46.5 Å². The van der Waals surface area contributed by atoms with Gasteiger partial charge in [0.05, 0.1) is 17.3 Å². The van der Waals surface area contributed by atoms with E-state index in [9.17, 15) is 22.8 Å². The fourth-order valence-electron chi connectivity index (χ4n) is 4.63. The van der Waals surface area contributed by atoms with Crippen molar-refractivity contribution in [2.45, 2.75) is 38.4 Å². The molecule has 0 bridgehead atoms. The summed E-state index contributed by atoms with van der Waals surface area (Å²) in [5, 5.41) is 0.652. The Morgan fingerprint density at radius 1 is 1.09 bits per heavy atom. The van der Waals surface area contributed by atoms with Crippen LogP contribution in [0.25, 0.3) is 10.2 Å². The molecule has 0 saturated carbocycles. The molecule has 0 N–H and O–H groups in total. The number of rotatable bonds is 3. The molecule has 3 aromatic rings. The van der Waals surface area contributed by atoms with Crippen LogP contribution in [0.5, 0.6) is 0 Å². The molecule has 0 atom stereocenters. The van der Waals surface area contributed by atoms with Gasteiger partial charge >= 0.3 is 6.18 Å². The predicted molar refractivity (Wildman–Crippen MR) is 121 cm³/mol. The number of aryl methyl sites for hydroxylation is 2. The number of benzene rings is 1. The summed E-state index contributed by atoms with van der Waals surface area (Å²) in [5.74, 6) is -0.189. The van der Waals surface area contributed by atoms with Crippen LogP contribution in [0.15, 0.2) is 35.4 Å². The molecule has 0 spiro atoms. The van der Waals surface area contributed by atoms with Crippen LogP contribution >= 0.6 is 11.3 Å². The number of fused-ring (bicyclic) bond motifs is 3. The van der Waals surface area contributed by atoms with Crippen molar-refractivity contribution in [3.63, 3.8) is 0 Å². The van der Waals surface area contributed by atoms with Gasteiger partial charge in [-0.1, -0.05) is 6.07 Å². The highest BCUT2D eigenvalue weighted by atomic mass is 32.1. The average molecular weight is 477 g/mol. The standard InChI is InChI=1S/C23H23F3N4O2S/c24-23(25,26)15-4-3-5-16(12-15)28-8-10-29(11-9-28)19(31)13-30-14-27-21-20(22(30)32)17-6-1-2-7-18(17)33-21/h3-5,12,14H,1-2,6-11,13H2. The van der Waals surface area contributed by atoms with Crippen LogP contribution in [0, 0.1) is 0 Å². The van der Waals surface area contributed by atoms with Crippen molar-refractivity contribution >= 4 is 33.1 Å². The molecule has 5 rings (SSSR count). The third kappa shape index (κ3) is 4.23. The van der Waals surface area contributed by atoms with E-state index in [1.54, 1.807) is 22.3 Å². The van der Waals surface area contributed by atoms with E-state index < -0.39 is 11.7 Å². The van der Waals surface area contributed by atoms with Gasteiger partial charge < -0.3 is 9.80 Å². The number of hydrogen-bond donors (Lipinski definition) is 0. The van der Waals surface area contributed by atoms with Crippen molar-refractivity contribution in [1.29, 1.82) is 0 Å². The summed E-state index contributed by atoms with van der Waals surface area (Å²) < 4.78 is 40.4. The Morgan fingerprint density at radius 3 is 2.61 bits per heavy atom. The molecule has 10 heteroatoms. The van der Waals surface area contributed by atoms with Gasteiger partial charge in [-0.3, -0.25) is 14.2 Å². The van der Waals surface area contributed by atoms with Gasteiger partial charge in [-0.2, -0.15) is 13.2 Å². The monoisotopic (exact) mass is 476 g/mol. The molecule has 0 unspecified atom stereocenters. The Hall–Kier alpha value is -2.88. The number of thiophene rings is 1. The number of anilines is 1. The van der Waals surface area contributed by atoms with Gasteiger partial charge in [-0.25, -0.2) is 4.98 Å². The van der Waals surface area contributed by atoms with Crippen LogP contribution in [0.2, 0.25) is 0 Å². The van der Waals surface area contributed by atoms with E-state index in [4.69, 9.17) is 0 Å². The third-order valence-corrected chi connectivity index (χ3v) is 7.62. The van der Waals surface area contributed by atoms with Crippen LogP contribution in [-0.2, 0) is 30.4 Å². The molecule has 1 aliphatic heterocycles. The van der Waals surface area contributed by atoms with Crippen LogP contribution in [0.1, 0.15) is 28.8 Å². The van der Waals surface area contributed by atoms with E-state index in [2.05, 4.69) is 4.98 Å². The lowest BCUT2D eigenvalue weighted by atomic mass is 9.97. The summed E-state index contributed by atoms with van der Waals surface area (Å²) in [6, 6.07) is 5.24. The zero-order valence-corrected chi connectivity index (χ0v) is 18.7. The maximum atomic E-state index is 13.1. The number of amides is 1. The number of aromatic nitrogens is 2. The fraction of sp³-hybridized carbons (Fsp3) is 0.435. The van der Waals surface area contributed by atoms with Crippen molar-refractivity contribution in [2.75, 3.05) is 31.1 Å². The first-order valence-corrected chi connectivity index (χ1v) is 11.8. The lowest BCUT2D eigenvalue weighted by Gasteiger charge is -2.36. The number of alkyl halides is 3. The van der Waals surface area contributed by atoms with Gasteiger partial charge in [-0.05, 0) is 49.4 Å². The minimum absolute atomic E-state index is 0.0873. The smallest absolute Gasteiger partial charge is 0.368 e. The number of piperazine rings is 1. The molecule has 1 saturated heterocycles. The Labute approximate surface area is 192 Å². The Kier molecular flexibility index (Phi) is 5.64. The molecule has 174 valence electrons. The number of carbonyl (C=O) groups excluding carboxylic acids is 1. The van der Waals surface area contributed by atoms with E-state index in [1.165, 1.54) is 21.8 Å². The fourth-order valence-corrected chi connectivity index (χ4v) is 5.85. The van der Waals surface area contributed by atoms with E-state index >= 15 is 0 Å². The number of hydrogen-bond acceptors (Lipinski definition) is 5.